The lowest BCUT2D eigenvalue weighted by molar-refractivity contribution is -0.129. The van der Waals surface area contributed by atoms with Crippen LogP contribution in [0.1, 0.15) is 38.8 Å². The number of ether oxygens (including phenoxy) is 2. The molecule has 0 fully saturated rings. The van der Waals surface area contributed by atoms with Crippen molar-refractivity contribution in [3.8, 4) is 11.5 Å². The summed E-state index contributed by atoms with van der Waals surface area (Å²) in [5.41, 5.74) is 1.18. The number of nitrogens with one attached hydrogen (secondary N) is 2. The van der Waals surface area contributed by atoms with E-state index in [4.69, 9.17) is 32.7 Å². The third kappa shape index (κ3) is 10.1. The molecule has 1 atom stereocenters. The lowest BCUT2D eigenvalue weighted by Gasteiger charge is -2.19. The Balaban J connectivity index is 1.39. The fourth-order valence-electron chi connectivity index (χ4n) is 4.77. The number of carbonyl (C=O) groups excluding carboxylic acids is 3. The van der Waals surface area contributed by atoms with Crippen LogP contribution in [0.3, 0.4) is 0 Å². The SMILES string of the molecule is C/C=C(\O)Oc1ccc(Cl)c(NC(=O)C(Cc2ccccc2C(=O)Oc2ccc(CSc3nnnn3C)cc2)C(=O)Nc2cc(C(=O)O)ccc2Cl)c1. The number of esters is 1. The van der Waals surface area contributed by atoms with Gasteiger partial charge in [0, 0.05) is 18.9 Å². The summed E-state index contributed by atoms with van der Waals surface area (Å²) in [6.45, 7) is 1.56. The predicted molar refractivity (Wildman–Crippen MR) is 198 cm³/mol. The molecule has 0 aliphatic carbocycles. The molecule has 1 heterocycles. The van der Waals surface area contributed by atoms with Gasteiger partial charge in [-0.2, -0.15) is 0 Å². The highest BCUT2D eigenvalue weighted by Gasteiger charge is 2.30. The number of benzene rings is 4. The van der Waals surface area contributed by atoms with Gasteiger partial charge in [-0.1, -0.05) is 65.3 Å². The molecule has 0 aliphatic heterocycles. The summed E-state index contributed by atoms with van der Waals surface area (Å²) in [5.74, 6) is -4.64. The monoisotopic (exact) mass is 776 g/mol. The third-order valence-corrected chi connectivity index (χ3v) is 9.25. The molecule has 0 saturated heterocycles. The Kier molecular flexibility index (Phi) is 12.7. The second kappa shape index (κ2) is 17.5. The number of tetrazole rings is 1. The smallest absolute Gasteiger partial charge is 0.343 e. The van der Waals surface area contributed by atoms with E-state index in [1.165, 1.54) is 54.2 Å². The van der Waals surface area contributed by atoms with Crippen LogP contribution in [0.4, 0.5) is 11.4 Å². The number of carboxylic acids is 1. The highest BCUT2D eigenvalue weighted by atomic mass is 35.5. The standard InChI is InChI=1S/C36H30Cl2N6O8S/c1-3-31(45)51-24-13-15-28(38)30(18-24)40-33(47)26(32(46)39-29-17-22(34(48)49)10-14-27(29)37)16-21-6-4-5-7-25(21)35(50)52-23-11-8-20(9-12-23)19-53-36-41-42-43-44(36)2/h3-15,17-18,26,45H,16,19H2,1-2H3,(H,39,46)(H,40,47)(H,48,49)/b31-3+. The molecule has 272 valence electrons. The van der Waals surface area contributed by atoms with Crippen molar-refractivity contribution < 1.29 is 38.9 Å². The topological polar surface area (TPSA) is 195 Å². The highest BCUT2D eigenvalue weighted by molar-refractivity contribution is 7.98. The number of aryl methyl sites for hydroxylation is 1. The number of nitrogens with zero attached hydrogens (tertiary/aromatic N) is 4. The van der Waals surface area contributed by atoms with Gasteiger partial charge in [0.2, 0.25) is 17.0 Å². The zero-order chi connectivity index (χ0) is 38.1. The average molecular weight is 778 g/mol. The molecule has 4 N–H and O–H groups in total. The van der Waals surface area contributed by atoms with E-state index in [0.29, 0.717) is 16.5 Å². The summed E-state index contributed by atoms with van der Waals surface area (Å²) in [4.78, 5) is 52.9. The molecule has 14 nitrogen and oxygen atoms in total. The highest BCUT2D eigenvalue weighted by Crippen LogP contribution is 2.30. The molecule has 1 aromatic heterocycles. The van der Waals surface area contributed by atoms with Gasteiger partial charge in [-0.15, -0.1) is 5.10 Å². The fourth-order valence-corrected chi connectivity index (χ4v) is 5.90. The molecule has 0 bridgehead atoms. The number of aromatic carboxylic acids is 1. The predicted octanol–water partition coefficient (Wildman–Crippen LogP) is 6.96. The summed E-state index contributed by atoms with van der Waals surface area (Å²) >= 11 is 14.1. The minimum Gasteiger partial charge on any atom is -0.481 e. The summed E-state index contributed by atoms with van der Waals surface area (Å²) in [7, 11) is 1.74. The Morgan fingerprint density at radius 2 is 1.51 bits per heavy atom. The van der Waals surface area contributed by atoms with Gasteiger partial charge in [-0.05, 0) is 89.5 Å². The van der Waals surface area contributed by atoms with Crippen LogP contribution in [0, 0.1) is 5.92 Å². The Hall–Kier alpha value is -5.90. The quantitative estimate of drug-likeness (QED) is 0.0298. The molecular weight excluding hydrogens is 747 g/mol. The van der Waals surface area contributed by atoms with E-state index in [1.54, 1.807) is 61.1 Å². The van der Waals surface area contributed by atoms with Crippen LogP contribution in [-0.4, -0.2) is 54.2 Å². The maximum absolute atomic E-state index is 13.9. The van der Waals surface area contributed by atoms with Gasteiger partial charge in [0.05, 0.1) is 32.5 Å². The number of hydrogen-bond acceptors (Lipinski definition) is 11. The number of thioether (sulfide) groups is 1. The molecule has 2 amide bonds. The number of anilines is 2. The lowest BCUT2D eigenvalue weighted by Crippen LogP contribution is -2.36. The number of carbonyl (C=O) groups is 4. The van der Waals surface area contributed by atoms with Crippen LogP contribution in [0.25, 0.3) is 0 Å². The first-order chi connectivity index (χ1) is 25.4. The van der Waals surface area contributed by atoms with Gasteiger partial charge in [0.1, 0.15) is 17.4 Å². The number of rotatable bonds is 14. The van der Waals surface area contributed by atoms with E-state index in [0.717, 1.165) is 11.6 Å². The van der Waals surface area contributed by atoms with Crippen molar-refractivity contribution >= 4 is 70.1 Å². The largest absolute Gasteiger partial charge is 0.481 e. The van der Waals surface area contributed by atoms with Crippen molar-refractivity contribution in [1.29, 1.82) is 0 Å². The van der Waals surface area contributed by atoms with Crippen LogP contribution < -0.4 is 20.1 Å². The molecule has 1 unspecified atom stereocenters. The molecule has 5 rings (SSSR count). The van der Waals surface area contributed by atoms with Crippen molar-refractivity contribution in [2.75, 3.05) is 10.6 Å². The van der Waals surface area contributed by atoms with Gasteiger partial charge in [0.15, 0.2) is 0 Å². The third-order valence-electron chi connectivity index (χ3n) is 7.51. The number of aromatic nitrogens is 4. The van der Waals surface area contributed by atoms with Crippen LogP contribution in [-0.2, 0) is 28.8 Å². The van der Waals surface area contributed by atoms with Crippen molar-refractivity contribution in [3.63, 3.8) is 0 Å². The summed E-state index contributed by atoms with van der Waals surface area (Å²) < 4.78 is 12.5. The summed E-state index contributed by atoms with van der Waals surface area (Å²) in [6, 6.07) is 21.2. The van der Waals surface area contributed by atoms with Gasteiger partial charge in [-0.25, -0.2) is 14.3 Å². The van der Waals surface area contributed by atoms with Crippen molar-refractivity contribution in [2.24, 2.45) is 13.0 Å². The van der Waals surface area contributed by atoms with Crippen molar-refractivity contribution in [3.05, 3.63) is 129 Å². The summed E-state index contributed by atoms with van der Waals surface area (Å²) in [5, 5.41) is 36.6. The van der Waals surface area contributed by atoms with Crippen molar-refractivity contribution in [2.45, 2.75) is 24.3 Å². The van der Waals surface area contributed by atoms with Crippen LogP contribution in [0.2, 0.25) is 10.0 Å². The van der Waals surface area contributed by atoms with E-state index in [1.807, 2.05) is 0 Å². The molecule has 0 radical (unpaired) electrons. The number of aliphatic hydroxyl groups excluding tert-OH is 1. The molecule has 0 aliphatic rings. The zero-order valence-corrected chi connectivity index (χ0v) is 30.3. The molecule has 4 aromatic carbocycles. The maximum atomic E-state index is 13.9. The Bertz CT molecular complexity index is 2200. The lowest BCUT2D eigenvalue weighted by atomic mass is 9.93. The van der Waals surface area contributed by atoms with E-state index in [9.17, 15) is 29.4 Å². The molecule has 0 spiro atoms. The normalized spacial score (nSPS) is 11.7. The number of halogens is 2. The molecule has 5 aromatic rings. The minimum atomic E-state index is -1.53. The average Bonchev–Trinajstić information content (AvgIpc) is 3.56. The zero-order valence-electron chi connectivity index (χ0n) is 27.9. The maximum Gasteiger partial charge on any atom is 0.343 e. The van der Waals surface area contributed by atoms with Gasteiger partial charge < -0.3 is 30.3 Å². The van der Waals surface area contributed by atoms with Gasteiger partial charge in [0.25, 0.3) is 5.95 Å². The minimum absolute atomic E-state index is 0.0263. The number of aliphatic hydroxyl groups is 1. The van der Waals surface area contributed by atoms with Crippen molar-refractivity contribution in [1.82, 2.24) is 20.2 Å². The van der Waals surface area contributed by atoms with Crippen LogP contribution >= 0.6 is 35.0 Å². The van der Waals surface area contributed by atoms with Crippen LogP contribution in [0.15, 0.2) is 102 Å². The Morgan fingerprint density at radius 1 is 0.868 bits per heavy atom. The van der Waals surface area contributed by atoms with E-state index >= 15 is 0 Å². The first-order valence-electron chi connectivity index (χ1n) is 15.6. The number of amides is 2. The Labute approximate surface area is 316 Å². The van der Waals surface area contributed by atoms with E-state index in [-0.39, 0.29) is 50.5 Å². The second-order valence-corrected chi connectivity index (χ2v) is 12.9. The summed E-state index contributed by atoms with van der Waals surface area (Å²) in [6.07, 6.45) is 1.01. The van der Waals surface area contributed by atoms with E-state index in [2.05, 4.69) is 26.2 Å². The number of hydrogen-bond donors (Lipinski definition) is 4. The first kappa shape index (κ1) is 38.3. The molecule has 0 saturated carbocycles. The number of carboxylic acid groups (broad SMARTS) is 1. The molecule has 53 heavy (non-hydrogen) atoms. The fraction of sp³-hybridized carbons (Fsp3) is 0.139. The van der Waals surface area contributed by atoms with E-state index < -0.39 is 35.6 Å². The van der Waals surface area contributed by atoms with Gasteiger partial charge >= 0.3 is 11.9 Å². The Morgan fingerprint density at radius 3 is 2.15 bits per heavy atom. The number of allylic oxidation sites excluding steroid dienone is 1. The second-order valence-electron chi connectivity index (χ2n) is 11.2. The molecular formula is C36H30Cl2N6O8S. The van der Waals surface area contributed by atoms with Gasteiger partial charge in [-0.3, -0.25) is 9.59 Å². The molecule has 17 heteroatoms. The van der Waals surface area contributed by atoms with Crippen LogP contribution in [0.5, 0.6) is 11.5 Å². The first-order valence-corrected chi connectivity index (χ1v) is 17.4.